The van der Waals surface area contributed by atoms with Crippen LogP contribution < -0.4 is 0 Å². The van der Waals surface area contributed by atoms with Gasteiger partial charge in [0.2, 0.25) is 0 Å². The van der Waals surface area contributed by atoms with E-state index in [0.29, 0.717) is 23.5 Å². The van der Waals surface area contributed by atoms with E-state index in [0.717, 1.165) is 26.1 Å². The van der Waals surface area contributed by atoms with Crippen LogP contribution in [0.15, 0.2) is 12.2 Å². The molecule has 0 radical (unpaired) electrons. The lowest BCUT2D eigenvalue weighted by molar-refractivity contribution is -0.221. The molecule has 0 amide bonds. The highest BCUT2D eigenvalue weighted by atomic mass is 16.7. The number of allylic oxidation sites excluding steroid dienone is 2. The topological polar surface area (TPSA) is 35.5 Å². The minimum absolute atomic E-state index is 0.266. The molecule has 3 nitrogen and oxygen atoms in total. The zero-order valence-electron chi connectivity index (χ0n) is 8.52. The minimum Gasteiger partial charge on any atom is -0.347 e. The quantitative estimate of drug-likeness (QED) is 0.596. The molecule has 1 heterocycles. The van der Waals surface area contributed by atoms with E-state index in [1.54, 1.807) is 6.08 Å². The molecule has 3 heteroatoms. The lowest BCUT2D eigenvalue weighted by Crippen LogP contribution is -2.53. The van der Waals surface area contributed by atoms with E-state index in [4.69, 9.17) is 9.47 Å². The Morgan fingerprint density at radius 3 is 2.93 bits per heavy atom. The van der Waals surface area contributed by atoms with Gasteiger partial charge in [0.1, 0.15) is 0 Å². The van der Waals surface area contributed by atoms with Gasteiger partial charge in [0.25, 0.3) is 0 Å². The number of carbonyl (C=O) groups excluding carboxylic acids is 1. The fourth-order valence-corrected chi connectivity index (χ4v) is 4.15. The van der Waals surface area contributed by atoms with Gasteiger partial charge in [-0.1, -0.05) is 6.08 Å². The van der Waals surface area contributed by atoms with Crippen molar-refractivity contribution in [2.24, 2.45) is 23.7 Å². The van der Waals surface area contributed by atoms with Crippen molar-refractivity contribution in [3.8, 4) is 0 Å². The number of hydrogen-bond acceptors (Lipinski definition) is 3. The summed E-state index contributed by atoms with van der Waals surface area (Å²) in [5.74, 6) is 1.66. The van der Waals surface area contributed by atoms with Crippen LogP contribution in [-0.4, -0.2) is 24.8 Å². The van der Waals surface area contributed by atoms with E-state index in [1.807, 2.05) is 0 Å². The summed E-state index contributed by atoms with van der Waals surface area (Å²) in [6.45, 7) is 1.44. The fourth-order valence-electron chi connectivity index (χ4n) is 4.15. The third-order valence-electron chi connectivity index (χ3n) is 4.67. The van der Waals surface area contributed by atoms with Crippen LogP contribution in [0.25, 0.3) is 0 Å². The second-order valence-electron chi connectivity index (χ2n) is 5.10. The van der Waals surface area contributed by atoms with Crippen LogP contribution in [0.2, 0.25) is 0 Å². The van der Waals surface area contributed by atoms with Crippen LogP contribution >= 0.6 is 0 Å². The highest BCUT2D eigenvalue weighted by Crippen LogP contribution is 2.64. The largest absolute Gasteiger partial charge is 0.347 e. The smallest absolute Gasteiger partial charge is 0.172 e. The van der Waals surface area contributed by atoms with Crippen molar-refractivity contribution < 1.29 is 14.3 Å². The summed E-state index contributed by atoms with van der Waals surface area (Å²) >= 11 is 0. The van der Waals surface area contributed by atoms with E-state index in [9.17, 15) is 4.79 Å². The first-order valence-electron chi connectivity index (χ1n) is 5.82. The molecule has 15 heavy (non-hydrogen) atoms. The molecule has 0 aromatic rings. The first-order valence-corrected chi connectivity index (χ1v) is 5.82. The summed E-state index contributed by atoms with van der Waals surface area (Å²) in [5.41, 5.74) is 0. The summed E-state index contributed by atoms with van der Waals surface area (Å²) in [5, 5.41) is 0. The van der Waals surface area contributed by atoms with Crippen LogP contribution in [0.1, 0.15) is 12.8 Å². The molecule has 0 unspecified atom stereocenters. The number of fused-ring (bicyclic) bond motifs is 5. The van der Waals surface area contributed by atoms with Gasteiger partial charge >= 0.3 is 0 Å². The fraction of sp³-hybridized carbons (Fsp3) is 0.750. The zero-order chi connectivity index (χ0) is 10.0. The molecule has 4 rings (SSSR count). The highest BCUT2D eigenvalue weighted by Gasteiger charge is 2.67. The Bertz CT molecular complexity index is 354. The molecule has 0 N–H and O–H groups in total. The van der Waals surface area contributed by atoms with E-state index < -0.39 is 0 Å². The zero-order valence-corrected chi connectivity index (χ0v) is 8.52. The SMILES string of the molecule is O=C1C=C[C@H]2[C@H]1[C@@H]1CCC3(OCCO3)[C@@H]21. The Morgan fingerprint density at radius 2 is 2.13 bits per heavy atom. The van der Waals surface area contributed by atoms with Gasteiger partial charge in [-0.3, -0.25) is 4.79 Å². The van der Waals surface area contributed by atoms with Crippen LogP contribution in [0, 0.1) is 23.7 Å². The third-order valence-corrected chi connectivity index (χ3v) is 4.67. The van der Waals surface area contributed by atoms with Crippen molar-refractivity contribution in [2.75, 3.05) is 13.2 Å². The molecule has 80 valence electrons. The number of rotatable bonds is 0. The van der Waals surface area contributed by atoms with Gasteiger partial charge in [-0.2, -0.15) is 0 Å². The van der Waals surface area contributed by atoms with Gasteiger partial charge in [0.05, 0.1) is 13.2 Å². The van der Waals surface area contributed by atoms with Gasteiger partial charge in [0, 0.05) is 18.3 Å². The van der Waals surface area contributed by atoms with Crippen molar-refractivity contribution in [3.63, 3.8) is 0 Å². The molecule has 0 bridgehead atoms. The average molecular weight is 206 g/mol. The first-order chi connectivity index (χ1) is 7.32. The molecule has 0 aromatic carbocycles. The predicted octanol–water partition coefficient (Wildman–Crippen LogP) is 1.14. The maximum atomic E-state index is 11.6. The lowest BCUT2D eigenvalue weighted by atomic mass is 9.58. The Labute approximate surface area is 88.4 Å². The highest BCUT2D eigenvalue weighted by molar-refractivity contribution is 5.96. The van der Waals surface area contributed by atoms with E-state index in [2.05, 4.69) is 6.08 Å². The Hall–Kier alpha value is -0.670. The van der Waals surface area contributed by atoms with Crippen molar-refractivity contribution in [3.05, 3.63) is 12.2 Å². The molecular formula is C12H14O3. The van der Waals surface area contributed by atoms with Gasteiger partial charge in [-0.25, -0.2) is 0 Å². The summed E-state index contributed by atoms with van der Waals surface area (Å²) in [4.78, 5) is 11.6. The molecule has 0 aromatic heterocycles. The van der Waals surface area contributed by atoms with Gasteiger partial charge in [-0.05, 0) is 24.3 Å². The molecule has 1 aliphatic heterocycles. The molecule has 3 fully saturated rings. The third kappa shape index (κ3) is 0.833. The Morgan fingerprint density at radius 1 is 1.33 bits per heavy atom. The molecular weight excluding hydrogens is 192 g/mol. The van der Waals surface area contributed by atoms with Crippen molar-refractivity contribution in [1.82, 2.24) is 0 Å². The normalized spacial score (nSPS) is 49.5. The molecule has 1 saturated heterocycles. The summed E-state index contributed by atoms with van der Waals surface area (Å²) in [6.07, 6.45) is 5.91. The predicted molar refractivity (Wildman–Crippen MR) is 52.0 cm³/mol. The number of hydrogen-bond donors (Lipinski definition) is 0. The summed E-state index contributed by atoms with van der Waals surface area (Å²) in [7, 11) is 0. The summed E-state index contributed by atoms with van der Waals surface area (Å²) in [6, 6.07) is 0. The second kappa shape index (κ2) is 2.53. The Kier molecular flexibility index (Phi) is 1.43. The van der Waals surface area contributed by atoms with Gasteiger partial charge in [-0.15, -0.1) is 0 Å². The summed E-state index contributed by atoms with van der Waals surface area (Å²) < 4.78 is 11.6. The monoisotopic (exact) mass is 206 g/mol. The van der Waals surface area contributed by atoms with Crippen molar-refractivity contribution in [1.29, 1.82) is 0 Å². The lowest BCUT2D eigenvalue weighted by Gasteiger charge is -2.48. The molecule has 4 atom stereocenters. The standard InChI is InChI=1S/C12H14O3/c13-9-2-1-7-10(9)8-3-4-12(11(7)8)14-5-6-15-12/h1-2,7-8,10-11H,3-6H2/t7-,8-,10-,11-/m0/s1. The number of ether oxygens (including phenoxy) is 2. The number of carbonyl (C=O) groups is 1. The van der Waals surface area contributed by atoms with Crippen molar-refractivity contribution in [2.45, 2.75) is 18.6 Å². The van der Waals surface area contributed by atoms with Crippen LogP contribution in [0.4, 0.5) is 0 Å². The average Bonchev–Trinajstić information content (AvgIpc) is 2.81. The minimum atomic E-state index is -0.319. The van der Waals surface area contributed by atoms with Crippen molar-refractivity contribution >= 4 is 5.78 Å². The van der Waals surface area contributed by atoms with Gasteiger partial charge in [0.15, 0.2) is 11.6 Å². The molecule has 3 aliphatic carbocycles. The molecule has 1 spiro atoms. The second-order valence-corrected chi connectivity index (χ2v) is 5.10. The number of ketones is 1. The van der Waals surface area contributed by atoms with Crippen LogP contribution in [-0.2, 0) is 14.3 Å². The first kappa shape index (κ1) is 8.48. The Balaban J connectivity index is 1.69. The van der Waals surface area contributed by atoms with Crippen LogP contribution in [0.3, 0.4) is 0 Å². The maximum absolute atomic E-state index is 11.6. The maximum Gasteiger partial charge on any atom is 0.172 e. The van der Waals surface area contributed by atoms with Gasteiger partial charge < -0.3 is 9.47 Å². The van der Waals surface area contributed by atoms with E-state index >= 15 is 0 Å². The molecule has 4 aliphatic rings. The van der Waals surface area contributed by atoms with E-state index in [1.165, 1.54) is 0 Å². The van der Waals surface area contributed by atoms with E-state index in [-0.39, 0.29) is 11.7 Å². The van der Waals surface area contributed by atoms with Crippen LogP contribution in [0.5, 0.6) is 0 Å². The molecule has 2 saturated carbocycles.